The first kappa shape index (κ1) is 113. The fraction of sp³-hybridized carbons (Fsp3) is 0.789. The van der Waals surface area contributed by atoms with Crippen LogP contribution in [0.1, 0.15) is 267 Å². The molecule has 6 N–H and O–H groups in total. The van der Waals surface area contributed by atoms with Gasteiger partial charge in [0.1, 0.15) is 46.8 Å². The van der Waals surface area contributed by atoms with E-state index in [0.29, 0.717) is 128 Å². The topological polar surface area (TPSA) is 363 Å². The molecule has 0 spiro atoms. The number of rotatable bonds is 13. The SMILES string of the molecule is CC(C)(C)OC(=O)N1CCC(CO)CC1.CC(C)(C)OC(=O)N1CCC(COC2CCN(C(=O)OCc3ccccc3)CC2)CC1.CC(C)(C)OC(=O)N1CCC(COC2CCNCC2)CC1.CC(C)(C)OC(=O)OC(=O)OC(C)(C)C.CCC1CCN(C(=O)OC(C)(C)C)CC1.CO.O=C(OCc1ccccc1)N1CCC(O)CC1.OCC1CCNCC1.[2H]CC. The molecule has 8 heterocycles. The van der Waals surface area contributed by atoms with Crippen molar-refractivity contribution >= 4 is 48.9 Å². The van der Waals surface area contributed by atoms with E-state index in [1.807, 2.05) is 154 Å². The maximum atomic E-state index is 12.3. The number of hydrogen-bond donors (Lipinski definition) is 6. The van der Waals surface area contributed by atoms with E-state index in [-0.39, 0.29) is 61.0 Å². The Hall–Kier alpha value is -7.52. The minimum atomic E-state index is -1.06. The summed E-state index contributed by atoms with van der Waals surface area (Å²) in [5, 5.41) is 40.6. The number of amides is 6. The Morgan fingerprint density at radius 3 is 0.881 bits per heavy atom. The minimum absolute atomic E-state index is 0.156. The van der Waals surface area contributed by atoms with E-state index in [0.717, 1.165) is 173 Å². The number of carbonyl (C=O) groups is 8. The Morgan fingerprint density at radius 2 is 0.603 bits per heavy atom. The Kier molecular flexibility index (Phi) is 54.0. The maximum Gasteiger partial charge on any atom is 0.519 e. The summed E-state index contributed by atoms with van der Waals surface area (Å²) in [5.74, 6) is 2.77. The molecule has 2 aromatic rings. The van der Waals surface area contributed by atoms with Crippen LogP contribution in [0.2, 0.25) is 0 Å². The summed E-state index contributed by atoms with van der Waals surface area (Å²) in [6.45, 7) is 52.9. The Labute approximate surface area is 757 Å². The lowest BCUT2D eigenvalue weighted by atomic mass is 9.95. The third kappa shape index (κ3) is 54.7. The molecule has 0 saturated carbocycles. The van der Waals surface area contributed by atoms with Gasteiger partial charge in [0.2, 0.25) is 0 Å². The molecule has 0 aromatic heterocycles. The first-order chi connectivity index (χ1) is 59.7. The minimum Gasteiger partial charge on any atom is -0.445 e. The first-order valence-electron chi connectivity index (χ1n) is 46.6. The zero-order chi connectivity index (χ0) is 95.4. The van der Waals surface area contributed by atoms with E-state index < -0.39 is 40.3 Å². The summed E-state index contributed by atoms with van der Waals surface area (Å²) < 4.78 is 64.3. The zero-order valence-electron chi connectivity index (χ0n) is 81.9. The fourth-order valence-electron chi connectivity index (χ4n) is 13.7. The van der Waals surface area contributed by atoms with Crippen molar-refractivity contribution in [2.75, 3.05) is 138 Å². The van der Waals surface area contributed by atoms with Gasteiger partial charge in [0, 0.05) is 113 Å². The number of nitrogens with zero attached hydrogens (tertiary/aromatic N) is 6. The molecule has 8 aliphatic heterocycles. The monoisotopic (exact) mass is 1790 g/mol. The van der Waals surface area contributed by atoms with E-state index in [1.54, 1.807) is 68.1 Å². The van der Waals surface area contributed by atoms with Crippen molar-refractivity contribution in [3.8, 4) is 0 Å². The number of hydrogen-bond acceptors (Lipinski definition) is 25. The fourth-order valence-corrected chi connectivity index (χ4v) is 13.7. The van der Waals surface area contributed by atoms with Crippen molar-refractivity contribution in [2.24, 2.45) is 29.6 Å². The van der Waals surface area contributed by atoms with Gasteiger partial charge in [-0.3, -0.25) is 0 Å². The lowest BCUT2D eigenvalue weighted by Crippen LogP contribution is -2.43. The molecule has 31 nitrogen and oxygen atoms in total. The number of piperidine rings is 8. The van der Waals surface area contributed by atoms with Gasteiger partial charge in [0.15, 0.2) is 0 Å². The second kappa shape index (κ2) is 60.4. The number of aliphatic hydroxyl groups is 4. The van der Waals surface area contributed by atoms with Crippen LogP contribution in [0.3, 0.4) is 0 Å². The van der Waals surface area contributed by atoms with Gasteiger partial charge in [0.25, 0.3) is 0 Å². The number of nitrogens with one attached hydrogen (secondary N) is 2. The van der Waals surface area contributed by atoms with Crippen LogP contribution in [0.5, 0.6) is 0 Å². The van der Waals surface area contributed by atoms with Crippen molar-refractivity contribution in [3.05, 3.63) is 71.8 Å². The van der Waals surface area contributed by atoms with E-state index in [9.17, 15) is 43.5 Å². The normalized spacial score (nSPS) is 18.2. The van der Waals surface area contributed by atoms with Crippen molar-refractivity contribution in [1.29, 1.82) is 0 Å². The van der Waals surface area contributed by atoms with Gasteiger partial charge in [-0.2, -0.15) is 0 Å². The largest absolute Gasteiger partial charge is 0.519 e. The zero-order valence-corrected chi connectivity index (χ0v) is 80.9. The van der Waals surface area contributed by atoms with Crippen LogP contribution in [-0.2, 0) is 65.3 Å². The highest BCUT2D eigenvalue weighted by atomic mass is 16.8. The van der Waals surface area contributed by atoms with Crippen LogP contribution in [-0.4, -0.2) is 289 Å². The third-order valence-electron chi connectivity index (χ3n) is 20.8. The highest BCUT2D eigenvalue weighted by molar-refractivity contribution is 5.77. The molecule has 10 rings (SSSR count). The van der Waals surface area contributed by atoms with Crippen LogP contribution < -0.4 is 10.6 Å². The van der Waals surface area contributed by atoms with Gasteiger partial charge in [-0.1, -0.05) is 87.8 Å². The lowest BCUT2D eigenvalue weighted by Gasteiger charge is -2.35. The van der Waals surface area contributed by atoms with Crippen molar-refractivity contribution < 1.29 is 112 Å². The smallest absolute Gasteiger partial charge is 0.445 e. The van der Waals surface area contributed by atoms with Gasteiger partial charge in [-0.25, -0.2) is 38.4 Å². The van der Waals surface area contributed by atoms with Crippen molar-refractivity contribution in [3.63, 3.8) is 0 Å². The molecule has 2 aromatic carbocycles. The lowest BCUT2D eigenvalue weighted by molar-refractivity contribution is -0.0296. The Balaban J connectivity index is 0.000000512. The highest BCUT2D eigenvalue weighted by Gasteiger charge is 2.34. The molecular weight excluding hydrogens is 1620 g/mol. The second-order valence-corrected chi connectivity index (χ2v) is 38.7. The summed E-state index contributed by atoms with van der Waals surface area (Å²) in [6.07, 6.45) is 13.5. The van der Waals surface area contributed by atoms with Crippen molar-refractivity contribution in [1.82, 2.24) is 40.0 Å². The van der Waals surface area contributed by atoms with Crippen LogP contribution in [0, 0.1) is 29.6 Å². The summed E-state index contributed by atoms with van der Waals surface area (Å²) in [7, 11) is 1.00. The standard InChI is InChI=1S/C24H36N2O5.C16H30N2O3.C13H17NO3.C12H23NO2.C11H21NO3.C10H18O5.C6H13NO.C2H6.CH4O/c1-24(2,3)31-23(28)26-13-9-20(10-14-26)17-29-21-11-15-25(16-12-21)22(27)30-18-19-7-5-4-6-8-19;1-16(2,3)21-15(19)18-10-6-13(7-11-18)12-20-14-4-8-17-9-5-14;15-12-6-8-14(9-7-12)13(16)17-10-11-4-2-1-3-5-11;1-5-10-6-8-13(9-7-10)11(14)15-12(2,3)4;1-11(2,3)15-10(14)12-6-4-9(8-13)5-7-12;1-9(2,3)14-7(11)13-8(12)15-10(4,5)6;8-5-6-1-3-7-4-2-6;2*1-2/h4-8,20-21H,9-18H2,1-3H3;13-14,17H,4-12H2,1-3H3;1-5,12,15H,6-10H2;10H,5-9H2,1-4H3;9,13H,4-8H2,1-3H3;1-6H3;6-8H,1-5H2;1-2H3;2H,1H3/i;;;;;;;1D;. The molecule has 31 heteroatoms. The number of carbonyl (C=O) groups excluding carboxylic acids is 8. The first-order valence-corrected chi connectivity index (χ1v) is 45.9. The summed E-state index contributed by atoms with van der Waals surface area (Å²) >= 11 is 0. The van der Waals surface area contributed by atoms with Crippen LogP contribution in [0.15, 0.2) is 60.7 Å². The quantitative estimate of drug-likeness (QED) is 0.0616. The van der Waals surface area contributed by atoms with E-state index in [1.165, 1.54) is 6.42 Å². The molecule has 0 unspecified atom stereocenters. The molecule has 126 heavy (non-hydrogen) atoms. The predicted octanol–water partition coefficient (Wildman–Crippen LogP) is 16.8. The molecule has 726 valence electrons. The average molecular weight is 1790 g/mol. The van der Waals surface area contributed by atoms with Crippen LogP contribution in [0.25, 0.3) is 0 Å². The molecule has 8 aliphatic rings. The molecular formula is C95H168N8O23. The summed E-state index contributed by atoms with van der Waals surface area (Å²) in [5.41, 5.74) is -1.09. The molecule has 8 saturated heterocycles. The van der Waals surface area contributed by atoms with E-state index in [4.69, 9.17) is 64.1 Å². The third-order valence-corrected chi connectivity index (χ3v) is 20.8. The van der Waals surface area contributed by atoms with Crippen LogP contribution in [0.4, 0.5) is 38.4 Å². The van der Waals surface area contributed by atoms with Gasteiger partial charge in [-0.15, -0.1) is 0 Å². The maximum absolute atomic E-state index is 12.3. The molecule has 0 aliphatic carbocycles. The second-order valence-electron chi connectivity index (χ2n) is 38.7. The van der Waals surface area contributed by atoms with E-state index in [2.05, 4.69) is 22.3 Å². The average Bonchev–Trinajstić information content (AvgIpc) is 0.874. The van der Waals surface area contributed by atoms with Gasteiger partial charge < -0.3 is 113 Å². The van der Waals surface area contributed by atoms with Gasteiger partial charge in [0.05, 0.1) is 18.3 Å². The molecule has 6 amide bonds. The molecule has 0 bridgehead atoms. The van der Waals surface area contributed by atoms with Crippen LogP contribution >= 0.6 is 0 Å². The number of likely N-dealkylation sites (tertiary alicyclic amines) is 6. The van der Waals surface area contributed by atoms with Crippen molar-refractivity contribution in [2.45, 2.75) is 320 Å². The van der Waals surface area contributed by atoms with E-state index >= 15 is 0 Å². The summed E-state index contributed by atoms with van der Waals surface area (Å²) in [6, 6.07) is 19.3. The molecule has 0 radical (unpaired) electrons. The highest BCUT2D eigenvalue weighted by Crippen LogP contribution is 2.28. The number of aliphatic hydroxyl groups excluding tert-OH is 4. The van der Waals surface area contributed by atoms with Gasteiger partial charge in [-0.05, 0) is 294 Å². The number of ether oxygens (including phenoxy) is 11. The summed E-state index contributed by atoms with van der Waals surface area (Å²) in [4.78, 5) is 104. The molecule has 8 fully saturated rings. The molecule has 0 atom stereocenters. The number of benzene rings is 2. The predicted molar refractivity (Wildman–Crippen MR) is 488 cm³/mol. The Morgan fingerprint density at radius 1 is 0.357 bits per heavy atom. The van der Waals surface area contributed by atoms with Gasteiger partial charge >= 0.3 is 48.9 Å². The Bertz CT molecular complexity index is 3210.